The second-order valence-corrected chi connectivity index (χ2v) is 4.31. The minimum absolute atomic E-state index is 0.0144. The van der Waals surface area contributed by atoms with Crippen molar-refractivity contribution >= 4 is 5.91 Å². The molecule has 0 saturated heterocycles. The van der Waals surface area contributed by atoms with Crippen LogP contribution in [-0.4, -0.2) is 24.0 Å². The lowest BCUT2D eigenvalue weighted by atomic mass is 9.93. The molecule has 1 aromatic rings. The summed E-state index contributed by atoms with van der Waals surface area (Å²) in [6.45, 7) is 4.71. The van der Waals surface area contributed by atoms with Gasteiger partial charge in [-0.2, -0.15) is 0 Å². The monoisotopic (exact) mass is 209 g/mol. The zero-order valence-corrected chi connectivity index (χ0v) is 9.34. The van der Waals surface area contributed by atoms with Crippen molar-refractivity contribution in [2.45, 2.75) is 20.3 Å². The van der Waals surface area contributed by atoms with Crippen LogP contribution < -0.4 is 11.1 Å². The number of hydrogen-bond acceptors (Lipinski definition) is 2. The van der Waals surface area contributed by atoms with Crippen LogP contribution in [0.15, 0.2) is 18.5 Å². The molecule has 0 unspecified atom stereocenters. The van der Waals surface area contributed by atoms with Crippen molar-refractivity contribution in [2.75, 3.05) is 13.1 Å². The number of carbonyl (C=O) groups excluding carboxylic acids is 1. The van der Waals surface area contributed by atoms with Crippen molar-refractivity contribution in [1.29, 1.82) is 0 Å². The zero-order valence-electron chi connectivity index (χ0n) is 9.34. The number of hydrogen-bond donors (Lipinski definition) is 3. The van der Waals surface area contributed by atoms with Crippen molar-refractivity contribution in [2.24, 2.45) is 11.1 Å². The fourth-order valence-corrected chi connectivity index (χ4v) is 1.17. The Hall–Kier alpha value is -1.29. The van der Waals surface area contributed by atoms with Crippen LogP contribution in [0.4, 0.5) is 0 Å². The summed E-state index contributed by atoms with van der Waals surface area (Å²) in [6.07, 6.45) is 4.65. The number of carbonyl (C=O) groups is 1. The molecule has 84 valence electrons. The molecular formula is C11H19N3O. The first-order valence-electron chi connectivity index (χ1n) is 5.16. The van der Waals surface area contributed by atoms with Crippen molar-refractivity contribution in [3.05, 3.63) is 24.0 Å². The van der Waals surface area contributed by atoms with Gasteiger partial charge in [-0.15, -0.1) is 0 Å². The lowest BCUT2D eigenvalue weighted by Crippen LogP contribution is -2.42. The van der Waals surface area contributed by atoms with Crippen molar-refractivity contribution in [1.82, 2.24) is 10.3 Å². The largest absolute Gasteiger partial charge is 0.367 e. The highest BCUT2D eigenvalue weighted by atomic mass is 16.2. The van der Waals surface area contributed by atoms with E-state index in [1.54, 1.807) is 0 Å². The predicted molar refractivity (Wildman–Crippen MR) is 60.3 cm³/mol. The molecule has 0 radical (unpaired) electrons. The third-order valence-corrected chi connectivity index (χ3v) is 2.49. The van der Waals surface area contributed by atoms with Gasteiger partial charge >= 0.3 is 0 Å². The van der Waals surface area contributed by atoms with E-state index in [4.69, 9.17) is 5.73 Å². The van der Waals surface area contributed by atoms with E-state index >= 15 is 0 Å². The van der Waals surface area contributed by atoms with Crippen molar-refractivity contribution < 1.29 is 4.79 Å². The fraction of sp³-hybridized carbons (Fsp3) is 0.545. The van der Waals surface area contributed by atoms with Crippen molar-refractivity contribution in [3.8, 4) is 0 Å². The lowest BCUT2D eigenvalue weighted by molar-refractivity contribution is -0.128. The summed E-state index contributed by atoms with van der Waals surface area (Å²) in [4.78, 5) is 14.6. The van der Waals surface area contributed by atoms with Gasteiger partial charge in [0.25, 0.3) is 0 Å². The molecule has 0 aliphatic carbocycles. The predicted octanol–water partition coefficient (Wildman–Crippen LogP) is 0.658. The van der Waals surface area contributed by atoms with Gasteiger partial charge in [0.2, 0.25) is 5.91 Å². The van der Waals surface area contributed by atoms with Gasteiger partial charge in [-0.25, -0.2) is 0 Å². The van der Waals surface area contributed by atoms with E-state index in [1.165, 1.54) is 5.56 Å². The molecule has 4 N–H and O–H groups in total. The number of rotatable bonds is 5. The fourth-order valence-electron chi connectivity index (χ4n) is 1.17. The number of nitrogens with one attached hydrogen (secondary N) is 2. The summed E-state index contributed by atoms with van der Waals surface area (Å²) in [5, 5.41) is 2.88. The maximum atomic E-state index is 11.6. The SMILES string of the molecule is CC(C)(CN)C(=O)NCCc1cc[nH]c1. The molecule has 0 aliphatic rings. The second kappa shape index (κ2) is 4.98. The van der Waals surface area contributed by atoms with Gasteiger partial charge in [0, 0.05) is 25.5 Å². The molecule has 0 fully saturated rings. The third kappa shape index (κ3) is 3.40. The highest BCUT2D eigenvalue weighted by Gasteiger charge is 2.24. The molecule has 0 atom stereocenters. The van der Waals surface area contributed by atoms with Crippen LogP contribution in [0.3, 0.4) is 0 Å². The van der Waals surface area contributed by atoms with Gasteiger partial charge in [0.05, 0.1) is 5.41 Å². The van der Waals surface area contributed by atoms with Gasteiger partial charge in [-0.3, -0.25) is 4.79 Å². The van der Waals surface area contributed by atoms with E-state index < -0.39 is 5.41 Å². The first-order chi connectivity index (χ1) is 7.06. The number of nitrogens with two attached hydrogens (primary N) is 1. The molecule has 0 aromatic carbocycles. The Morgan fingerprint density at radius 1 is 1.60 bits per heavy atom. The van der Waals surface area contributed by atoms with Gasteiger partial charge in [-0.05, 0) is 31.9 Å². The number of H-pyrrole nitrogens is 1. The molecule has 15 heavy (non-hydrogen) atoms. The highest BCUT2D eigenvalue weighted by Crippen LogP contribution is 2.11. The minimum Gasteiger partial charge on any atom is -0.367 e. The summed E-state index contributed by atoms with van der Waals surface area (Å²) in [7, 11) is 0. The molecule has 4 nitrogen and oxygen atoms in total. The summed E-state index contributed by atoms with van der Waals surface area (Å²) >= 11 is 0. The molecular weight excluding hydrogens is 190 g/mol. The van der Waals surface area contributed by atoms with Crippen LogP contribution >= 0.6 is 0 Å². The Balaban J connectivity index is 2.29. The first kappa shape index (κ1) is 11.8. The number of aromatic amines is 1. The summed E-state index contributed by atoms with van der Waals surface area (Å²) < 4.78 is 0. The quantitative estimate of drug-likeness (QED) is 0.666. The molecule has 0 spiro atoms. The Kier molecular flexibility index (Phi) is 3.91. The van der Waals surface area contributed by atoms with Crippen LogP contribution in [-0.2, 0) is 11.2 Å². The molecule has 1 heterocycles. The van der Waals surface area contributed by atoms with Gasteiger partial charge < -0.3 is 16.0 Å². The molecule has 0 saturated carbocycles. The molecule has 0 bridgehead atoms. The average Bonchev–Trinajstić information content (AvgIpc) is 2.70. The normalized spacial score (nSPS) is 11.4. The first-order valence-corrected chi connectivity index (χ1v) is 5.16. The Labute approximate surface area is 90.2 Å². The van der Waals surface area contributed by atoms with Crippen LogP contribution in [0.2, 0.25) is 0 Å². The highest BCUT2D eigenvalue weighted by molar-refractivity contribution is 5.81. The topological polar surface area (TPSA) is 70.9 Å². The Bertz CT molecular complexity index is 304. The van der Waals surface area contributed by atoms with Crippen LogP contribution in [0, 0.1) is 5.41 Å². The van der Waals surface area contributed by atoms with Crippen LogP contribution in [0.1, 0.15) is 19.4 Å². The number of aromatic nitrogens is 1. The third-order valence-electron chi connectivity index (χ3n) is 2.49. The molecule has 0 aliphatic heterocycles. The molecule has 4 heteroatoms. The zero-order chi connectivity index (χ0) is 11.3. The van der Waals surface area contributed by atoms with Gasteiger partial charge in [-0.1, -0.05) is 0 Å². The van der Waals surface area contributed by atoms with E-state index in [-0.39, 0.29) is 5.91 Å². The maximum absolute atomic E-state index is 11.6. The van der Waals surface area contributed by atoms with E-state index in [9.17, 15) is 4.79 Å². The maximum Gasteiger partial charge on any atom is 0.226 e. The second-order valence-electron chi connectivity index (χ2n) is 4.31. The van der Waals surface area contributed by atoms with E-state index in [0.717, 1.165) is 6.42 Å². The van der Waals surface area contributed by atoms with E-state index in [1.807, 2.05) is 32.3 Å². The molecule has 1 amide bonds. The average molecular weight is 209 g/mol. The molecule has 1 rings (SSSR count). The minimum atomic E-state index is -0.474. The smallest absolute Gasteiger partial charge is 0.226 e. The Morgan fingerprint density at radius 3 is 2.87 bits per heavy atom. The summed E-state index contributed by atoms with van der Waals surface area (Å²) in [5.41, 5.74) is 6.23. The lowest BCUT2D eigenvalue weighted by Gasteiger charge is -2.21. The van der Waals surface area contributed by atoms with Gasteiger partial charge in [0.1, 0.15) is 0 Å². The Morgan fingerprint density at radius 2 is 2.33 bits per heavy atom. The van der Waals surface area contributed by atoms with E-state index in [2.05, 4.69) is 10.3 Å². The van der Waals surface area contributed by atoms with Crippen molar-refractivity contribution in [3.63, 3.8) is 0 Å². The van der Waals surface area contributed by atoms with E-state index in [0.29, 0.717) is 13.1 Å². The van der Waals surface area contributed by atoms with Gasteiger partial charge in [0.15, 0.2) is 0 Å². The summed E-state index contributed by atoms with van der Waals surface area (Å²) in [6, 6.07) is 2.00. The summed E-state index contributed by atoms with van der Waals surface area (Å²) in [5.74, 6) is 0.0144. The van der Waals surface area contributed by atoms with Crippen LogP contribution in [0.25, 0.3) is 0 Å². The number of amides is 1. The molecule has 1 aromatic heterocycles. The van der Waals surface area contributed by atoms with Crippen LogP contribution in [0.5, 0.6) is 0 Å². The standard InChI is InChI=1S/C11H19N3O/c1-11(2,8-12)10(15)14-6-4-9-3-5-13-7-9/h3,5,7,13H,4,6,8,12H2,1-2H3,(H,14,15).